The maximum atomic E-state index is 14.9. The van der Waals surface area contributed by atoms with Gasteiger partial charge in [0.15, 0.2) is 0 Å². The number of benzene rings is 2. The molecule has 0 unspecified atom stereocenters. The van der Waals surface area contributed by atoms with Gasteiger partial charge in [-0.25, -0.2) is 8.78 Å². The van der Waals surface area contributed by atoms with E-state index < -0.39 is 29.2 Å². The Hall–Kier alpha value is -3.00. The molecule has 0 aliphatic carbocycles. The summed E-state index contributed by atoms with van der Waals surface area (Å²) in [5.74, 6) is -1.29. The maximum absolute atomic E-state index is 14.9. The Labute approximate surface area is 218 Å². The zero-order valence-corrected chi connectivity index (χ0v) is 21.8. The topological polar surface area (TPSA) is 78.7 Å². The third-order valence-electron chi connectivity index (χ3n) is 7.44. The van der Waals surface area contributed by atoms with E-state index in [2.05, 4.69) is 10.2 Å². The van der Waals surface area contributed by atoms with Gasteiger partial charge in [0.25, 0.3) is 5.91 Å². The number of piperidine rings is 2. The average molecular weight is 513 g/mol. The summed E-state index contributed by atoms with van der Waals surface area (Å²) in [6, 6.07) is 12.3. The number of hydrogen-bond donors (Lipinski definition) is 2. The summed E-state index contributed by atoms with van der Waals surface area (Å²) in [5.41, 5.74) is 6.55. The highest BCUT2D eigenvalue weighted by Gasteiger charge is 2.30. The Morgan fingerprint density at radius 1 is 1.05 bits per heavy atom. The molecule has 0 saturated carbocycles. The lowest BCUT2D eigenvalue weighted by Gasteiger charge is -2.34. The quantitative estimate of drug-likeness (QED) is 0.537. The number of carbonyl (C=O) groups excluding carboxylic acids is 2. The second kappa shape index (κ2) is 11.6. The molecule has 2 fully saturated rings. The lowest BCUT2D eigenvalue weighted by Crippen LogP contribution is -2.44. The molecule has 2 amide bonds. The molecule has 2 saturated heterocycles. The average Bonchev–Trinajstić information content (AvgIpc) is 2.87. The Kier molecular flexibility index (Phi) is 8.47. The number of nitrogens with one attached hydrogen (secondary N) is 1. The molecule has 37 heavy (non-hydrogen) atoms. The number of carbonyl (C=O) groups is 2. The number of alkyl halides is 1. The van der Waals surface area contributed by atoms with Crippen LogP contribution in [-0.2, 0) is 4.79 Å². The molecule has 1 atom stereocenters. The number of nitrogens with two attached hydrogens (primary N) is 1. The first-order valence-corrected chi connectivity index (χ1v) is 13.2. The summed E-state index contributed by atoms with van der Waals surface area (Å²) < 4.78 is 28.9. The van der Waals surface area contributed by atoms with E-state index in [1.54, 1.807) is 26.0 Å². The van der Waals surface area contributed by atoms with Crippen molar-refractivity contribution in [3.8, 4) is 11.1 Å². The number of rotatable bonds is 8. The van der Waals surface area contributed by atoms with Crippen molar-refractivity contribution in [2.45, 2.75) is 45.2 Å². The number of primary amides is 1. The van der Waals surface area contributed by atoms with E-state index in [0.29, 0.717) is 37.4 Å². The highest BCUT2D eigenvalue weighted by molar-refractivity contribution is 6.01. The van der Waals surface area contributed by atoms with Crippen molar-refractivity contribution in [3.63, 3.8) is 0 Å². The van der Waals surface area contributed by atoms with Crippen LogP contribution in [0.5, 0.6) is 0 Å². The third-order valence-corrected chi connectivity index (χ3v) is 7.44. The fourth-order valence-electron chi connectivity index (χ4n) is 5.44. The van der Waals surface area contributed by atoms with E-state index >= 15 is 0 Å². The number of anilines is 1. The second-order valence-corrected chi connectivity index (χ2v) is 11.1. The van der Waals surface area contributed by atoms with Gasteiger partial charge in [-0.15, -0.1) is 0 Å². The van der Waals surface area contributed by atoms with Crippen molar-refractivity contribution in [1.82, 2.24) is 9.80 Å². The van der Waals surface area contributed by atoms with Crippen LogP contribution in [0.15, 0.2) is 42.5 Å². The van der Waals surface area contributed by atoms with Crippen LogP contribution in [0, 0.1) is 17.7 Å². The molecule has 200 valence electrons. The molecule has 2 heterocycles. The van der Waals surface area contributed by atoms with Crippen LogP contribution in [0.4, 0.5) is 14.5 Å². The van der Waals surface area contributed by atoms with Gasteiger partial charge in [0, 0.05) is 31.9 Å². The first kappa shape index (κ1) is 27.0. The number of hydrogen-bond acceptors (Lipinski definition) is 4. The molecule has 2 aromatic rings. The fourth-order valence-corrected chi connectivity index (χ4v) is 5.44. The van der Waals surface area contributed by atoms with E-state index in [0.717, 1.165) is 43.7 Å². The molecule has 8 heteroatoms. The molecule has 6 nitrogen and oxygen atoms in total. The zero-order chi connectivity index (χ0) is 26.6. The molecule has 2 aliphatic rings. The van der Waals surface area contributed by atoms with Gasteiger partial charge in [0.1, 0.15) is 11.5 Å². The number of nitrogens with zero attached hydrogens (tertiary/aromatic N) is 2. The first-order valence-electron chi connectivity index (χ1n) is 13.2. The summed E-state index contributed by atoms with van der Waals surface area (Å²) in [6.45, 7) is 7.08. The molecule has 3 N–H and O–H groups in total. The van der Waals surface area contributed by atoms with Crippen molar-refractivity contribution in [2.75, 3.05) is 44.6 Å². The molecule has 2 aromatic carbocycles. The van der Waals surface area contributed by atoms with E-state index in [-0.39, 0.29) is 12.1 Å². The van der Waals surface area contributed by atoms with Crippen LogP contribution in [0.2, 0.25) is 0 Å². The lowest BCUT2D eigenvalue weighted by molar-refractivity contribution is -0.123. The third kappa shape index (κ3) is 7.06. The van der Waals surface area contributed by atoms with Gasteiger partial charge in [-0.3, -0.25) is 9.59 Å². The Bertz CT molecular complexity index is 1090. The highest BCUT2D eigenvalue weighted by Crippen LogP contribution is 2.30. The molecule has 2 aliphatic heterocycles. The molecular weight excluding hydrogens is 474 g/mol. The summed E-state index contributed by atoms with van der Waals surface area (Å²) in [4.78, 5) is 28.7. The monoisotopic (exact) mass is 512 g/mol. The Morgan fingerprint density at radius 3 is 2.41 bits per heavy atom. The van der Waals surface area contributed by atoms with Crippen molar-refractivity contribution < 1.29 is 18.4 Å². The van der Waals surface area contributed by atoms with Crippen molar-refractivity contribution >= 4 is 17.5 Å². The zero-order valence-electron chi connectivity index (χ0n) is 21.8. The summed E-state index contributed by atoms with van der Waals surface area (Å²) >= 11 is 0. The van der Waals surface area contributed by atoms with Crippen LogP contribution >= 0.6 is 0 Å². The number of likely N-dealkylation sites (tertiary alicyclic amines) is 2. The SMILES string of the molecule is CC(C)(F)CN1CCC(CNc2ccc(-c3cccc(F)c3C(=O)N3CCC[C@@H](C(N)=O)C3)cc2)CC1. The van der Waals surface area contributed by atoms with Crippen LogP contribution in [-0.4, -0.2) is 66.6 Å². The van der Waals surface area contributed by atoms with Gasteiger partial charge in [-0.05, 0) is 87.9 Å². The van der Waals surface area contributed by atoms with E-state index in [9.17, 15) is 18.4 Å². The first-order chi connectivity index (χ1) is 17.6. The Balaban J connectivity index is 1.39. The van der Waals surface area contributed by atoms with E-state index in [4.69, 9.17) is 5.73 Å². The summed E-state index contributed by atoms with van der Waals surface area (Å²) in [7, 11) is 0. The van der Waals surface area contributed by atoms with Gasteiger partial charge in [-0.1, -0.05) is 24.3 Å². The fraction of sp³-hybridized carbons (Fsp3) is 0.517. The van der Waals surface area contributed by atoms with Crippen molar-refractivity contribution in [1.29, 1.82) is 0 Å². The predicted octanol–water partition coefficient (Wildman–Crippen LogP) is 4.70. The number of amides is 2. The molecule has 0 radical (unpaired) electrons. The molecule has 4 rings (SSSR count). The van der Waals surface area contributed by atoms with Gasteiger partial charge in [0.2, 0.25) is 5.91 Å². The van der Waals surface area contributed by atoms with Gasteiger partial charge in [0.05, 0.1) is 11.5 Å². The highest BCUT2D eigenvalue weighted by atomic mass is 19.1. The van der Waals surface area contributed by atoms with Crippen LogP contribution < -0.4 is 11.1 Å². The molecule has 0 aromatic heterocycles. The molecular formula is C29H38F2N4O2. The normalized spacial score (nSPS) is 19.6. The summed E-state index contributed by atoms with van der Waals surface area (Å²) in [6.07, 6.45) is 3.37. The Morgan fingerprint density at radius 2 is 1.76 bits per heavy atom. The standard InChI is InChI=1S/C29H38F2N4O2/c1-29(2,31)19-34-15-12-20(13-16-34)17-33-23-10-8-21(9-11-23)24-6-3-7-25(30)26(24)28(37)35-14-4-5-22(18-35)27(32)36/h3,6-11,20,22,33H,4-5,12-19H2,1-2H3,(H2,32,36)/t22-/m1/s1. The van der Waals surface area contributed by atoms with Crippen LogP contribution in [0.3, 0.4) is 0 Å². The van der Waals surface area contributed by atoms with Gasteiger partial charge >= 0.3 is 0 Å². The van der Waals surface area contributed by atoms with Crippen LogP contribution in [0.1, 0.15) is 49.9 Å². The minimum absolute atomic E-state index is 0.0246. The van der Waals surface area contributed by atoms with Crippen molar-refractivity contribution in [2.24, 2.45) is 17.6 Å². The second-order valence-electron chi connectivity index (χ2n) is 11.1. The van der Waals surface area contributed by atoms with E-state index in [1.165, 1.54) is 11.0 Å². The van der Waals surface area contributed by atoms with Gasteiger partial charge in [-0.2, -0.15) is 0 Å². The van der Waals surface area contributed by atoms with Gasteiger partial charge < -0.3 is 20.9 Å². The lowest BCUT2D eigenvalue weighted by atomic mass is 9.94. The minimum Gasteiger partial charge on any atom is -0.385 e. The van der Waals surface area contributed by atoms with E-state index in [1.807, 2.05) is 24.3 Å². The number of halogens is 2. The molecule has 0 spiro atoms. The largest absolute Gasteiger partial charge is 0.385 e. The smallest absolute Gasteiger partial charge is 0.257 e. The van der Waals surface area contributed by atoms with Crippen molar-refractivity contribution in [3.05, 3.63) is 53.8 Å². The summed E-state index contributed by atoms with van der Waals surface area (Å²) in [5, 5.41) is 3.49. The predicted molar refractivity (Wildman–Crippen MR) is 142 cm³/mol. The maximum Gasteiger partial charge on any atom is 0.257 e. The molecule has 0 bridgehead atoms. The minimum atomic E-state index is -1.17. The van der Waals surface area contributed by atoms with Crippen LogP contribution in [0.25, 0.3) is 11.1 Å².